The Kier molecular flexibility index (Phi) is 6.17. The second-order valence-corrected chi connectivity index (χ2v) is 5.95. The van der Waals surface area contributed by atoms with Crippen LogP contribution in [0.15, 0.2) is 42.5 Å². The molecule has 0 aliphatic rings. The van der Waals surface area contributed by atoms with E-state index in [1.54, 1.807) is 36.3 Å². The molecule has 25 heavy (non-hydrogen) atoms. The van der Waals surface area contributed by atoms with Gasteiger partial charge in [-0.2, -0.15) is 0 Å². The summed E-state index contributed by atoms with van der Waals surface area (Å²) in [6.45, 7) is 6.30. The van der Waals surface area contributed by atoms with Crippen LogP contribution in [0, 0.1) is 13.8 Å². The number of amides is 2. The number of nitrogens with one attached hydrogen (secondary N) is 1. The van der Waals surface area contributed by atoms with Crippen LogP contribution in [0.4, 0.5) is 5.69 Å². The average Bonchev–Trinajstić information content (AvgIpc) is 2.59. The maximum atomic E-state index is 12.2. The standard InChI is InChI=1S/C20H24N2O3/c1-14-8-9-19(15(2)12-14)22(16(3)23)11-10-21-20(24)17-6-5-7-18(13-17)25-4/h5-9,12-13H,10-11H2,1-4H3,(H,21,24). The Bertz CT molecular complexity index is 771. The number of carbonyl (C=O) groups is 2. The molecule has 0 heterocycles. The predicted octanol–water partition coefficient (Wildman–Crippen LogP) is 3.09. The highest BCUT2D eigenvalue weighted by Gasteiger charge is 2.14. The van der Waals surface area contributed by atoms with Gasteiger partial charge in [-0.1, -0.05) is 23.8 Å². The summed E-state index contributed by atoms with van der Waals surface area (Å²) in [5.74, 6) is 0.388. The smallest absolute Gasteiger partial charge is 0.251 e. The van der Waals surface area contributed by atoms with E-state index < -0.39 is 0 Å². The highest BCUT2D eigenvalue weighted by Crippen LogP contribution is 2.21. The predicted molar refractivity (Wildman–Crippen MR) is 99.3 cm³/mol. The summed E-state index contributed by atoms with van der Waals surface area (Å²) in [5, 5.41) is 2.85. The van der Waals surface area contributed by atoms with Crippen LogP contribution >= 0.6 is 0 Å². The third kappa shape index (κ3) is 4.83. The summed E-state index contributed by atoms with van der Waals surface area (Å²) < 4.78 is 5.13. The first-order valence-corrected chi connectivity index (χ1v) is 8.20. The zero-order chi connectivity index (χ0) is 18.4. The molecular weight excluding hydrogens is 316 g/mol. The third-order valence-electron chi connectivity index (χ3n) is 3.98. The molecule has 0 spiro atoms. The Labute approximate surface area is 148 Å². The lowest BCUT2D eigenvalue weighted by Crippen LogP contribution is -2.38. The molecule has 2 amide bonds. The van der Waals surface area contributed by atoms with Crippen LogP contribution < -0.4 is 15.0 Å². The van der Waals surface area contributed by atoms with Gasteiger partial charge in [0.1, 0.15) is 5.75 Å². The van der Waals surface area contributed by atoms with Crippen LogP contribution in [0.1, 0.15) is 28.4 Å². The molecule has 0 saturated carbocycles. The number of benzene rings is 2. The van der Waals surface area contributed by atoms with E-state index in [2.05, 4.69) is 5.32 Å². The second kappa shape index (κ2) is 8.33. The highest BCUT2D eigenvalue weighted by molar-refractivity contribution is 5.95. The molecule has 0 unspecified atom stereocenters. The van der Waals surface area contributed by atoms with Gasteiger partial charge in [-0.25, -0.2) is 0 Å². The lowest BCUT2D eigenvalue weighted by molar-refractivity contribution is -0.116. The monoisotopic (exact) mass is 340 g/mol. The van der Waals surface area contributed by atoms with Crippen LogP contribution in [0.3, 0.4) is 0 Å². The summed E-state index contributed by atoms with van der Waals surface area (Å²) in [6.07, 6.45) is 0. The Morgan fingerprint density at radius 3 is 2.52 bits per heavy atom. The molecule has 1 N–H and O–H groups in total. The van der Waals surface area contributed by atoms with Crippen LogP contribution in [0.2, 0.25) is 0 Å². The first-order valence-electron chi connectivity index (χ1n) is 8.20. The largest absolute Gasteiger partial charge is 0.497 e. The zero-order valence-electron chi connectivity index (χ0n) is 15.1. The van der Waals surface area contributed by atoms with Gasteiger partial charge in [0.2, 0.25) is 5.91 Å². The first-order chi connectivity index (χ1) is 11.9. The van der Waals surface area contributed by atoms with E-state index in [9.17, 15) is 9.59 Å². The summed E-state index contributed by atoms with van der Waals surface area (Å²) in [5.41, 5.74) is 3.58. The number of carbonyl (C=O) groups excluding carboxylic acids is 2. The second-order valence-electron chi connectivity index (χ2n) is 5.95. The van der Waals surface area contributed by atoms with Gasteiger partial charge in [-0.05, 0) is 43.7 Å². The molecule has 0 bridgehead atoms. The number of rotatable bonds is 6. The van der Waals surface area contributed by atoms with E-state index in [0.29, 0.717) is 24.4 Å². The van der Waals surface area contributed by atoms with Crippen LogP contribution in [0.25, 0.3) is 0 Å². The van der Waals surface area contributed by atoms with E-state index >= 15 is 0 Å². The molecule has 2 aromatic carbocycles. The molecule has 0 aliphatic heterocycles. The van der Waals surface area contributed by atoms with Crippen molar-refractivity contribution >= 4 is 17.5 Å². The van der Waals surface area contributed by atoms with Crippen molar-refractivity contribution in [2.24, 2.45) is 0 Å². The molecule has 2 rings (SSSR count). The minimum atomic E-state index is -0.192. The lowest BCUT2D eigenvalue weighted by atomic mass is 10.1. The fraction of sp³-hybridized carbons (Fsp3) is 0.300. The topological polar surface area (TPSA) is 58.6 Å². The lowest BCUT2D eigenvalue weighted by Gasteiger charge is -2.23. The Hall–Kier alpha value is -2.82. The molecule has 2 aromatic rings. The molecule has 0 aliphatic carbocycles. The molecule has 132 valence electrons. The first kappa shape index (κ1) is 18.5. The fourth-order valence-electron chi connectivity index (χ4n) is 2.70. The average molecular weight is 340 g/mol. The SMILES string of the molecule is COc1cccc(C(=O)NCCN(C(C)=O)c2ccc(C)cc2C)c1. The van der Waals surface area contributed by atoms with Gasteiger partial charge in [-0.3, -0.25) is 9.59 Å². The number of ether oxygens (including phenoxy) is 1. The summed E-state index contributed by atoms with van der Waals surface area (Å²) in [7, 11) is 1.56. The Morgan fingerprint density at radius 2 is 1.88 bits per heavy atom. The van der Waals surface area contributed by atoms with Gasteiger partial charge in [0.25, 0.3) is 5.91 Å². The van der Waals surface area contributed by atoms with Gasteiger partial charge in [0.15, 0.2) is 0 Å². The van der Waals surface area contributed by atoms with Crippen molar-refractivity contribution in [1.29, 1.82) is 0 Å². The van der Waals surface area contributed by atoms with Gasteiger partial charge < -0.3 is 15.0 Å². The molecule has 0 saturated heterocycles. The third-order valence-corrected chi connectivity index (χ3v) is 3.98. The molecule has 5 heteroatoms. The minimum Gasteiger partial charge on any atom is -0.497 e. The summed E-state index contributed by atoms with van der Waals surface area (Å²) in [4.78, 5) is 25.9. The quantitative estimate of drug-likeness (QED) is 0.879. The maximum Gasteiger partial charge on any atom is 0.251 e. The molecular formula is C20H24N2O3. The van der Waals surface area contributed by atoms with Crippen molar-refractivity contribution < 1.29 is 14.3 Å². The fourth-order valence-corrected chi connectivity index (χ4v) is 2.70. The maximum absolute atomic E-state index is 12.2. The molecule has 0 atom stereocenters. The number of methoxy groups -OCH3 is 1. The van der Waals surface area contributed by atoms with Crippen molar-refractivity contribution in [2.75, 3.05) is 25.1 Å². The number of hydrogen-bond donors (Lipinski definition) is 1. The Morgan fingerprint density at radius 1 is 1.12 bits per heavy atom. The van der Waals surface area contributed by atoms with Gasteiger partial charge >= 0.3 is 0 Å². The molecule has 0 fully saturated rings. The molecule has 5 nitrogen and oxygen atoms in total. The van der Waals surface area contributed by atoms with E-state index in [-0.39, 0.29) is 11.8 Å². The van der Waals surface area contributed by atoms with E-state index in [0.717, 1.165) is 16.8 Å². The zero-order valence-corrected chi connectivity index (χ0v) is 15.1. The van der Waals surface area contributed by atoms with Crippen molar-refractivity contribution in [2.45, 2.75) is 20.8 Å². The van der Waals surface area contributed by atoms with Gasteiger partial charge in [0.05, 0.1) is 7.11 Å². The van der Waals surface area contributed by atoms with Gasteiger partial charge in [-0.15, -0.1) is 0 Å². The van der Waals surface area contributed by atoms with Crippen molar-refractivity contribution in [3.05, 3.63) is 59.2 Å². The van der Waals surface area contributed by atoms with Crippen LogP contribution in [-0.2, 0) is 4.79 Å². The summed E-state index contributed by atoms with van der Waals surface area (Å²) in [6, 6.07) is 12.9. The van der Waals surface area contributed by atoms with E-state index in [1.165, 1.54) is 6.92 Å². The number of anilines is 1. The van der Waals surface area contributed by atoms with E-state index in [1.807, 2.05) is 32.0 Å². The van der Waals surface area contributed by atoms with E-state index in [4.69, 9.17) is 4.74 Å². The number of aryl methyl sites for hydroxylation is 2. The Balaban J connectivity index is 2.02. The normalized spacial score (nSPS) is 10.2. The molecule has 0 radical (unpaired) electrons. The minimum absolute atomic E-state index is 0.0532. The van der Waals surface area contributed by atoms with Crippen LogP contribution in [-0.4, -0.2) is 32.0 Å². The highest BCUT2D eigenvalue weighted by atomic mass is 16.5. The van der Waals surface area contributed by atoms with Crippen molar-refractivity contribution in [1.82, 2.24) is 5.32 Å². The number of nitrogens with zero attached hydrogens (tertiary/aromatic N) is 1. The van der Waals surface area contributed by atoms with Crippen molar-refractivity contribution in [3.8, 4) is 5.75 Å². The van der Waals surface area contributed by atoms with Crippen LogP contribution in [0.5, 0.6) is 5.75 Å². The summed E-state index contributed by atoms with van der Waals surface area (Å²) >= 11 is 0. The van der Waals surface area contributed by atoms with Crippen molar-refractivity contribution in [3.63, 3.8) is 0 Å². The molecule has 0 aromatic heterocycles. The van der Waals surface area contributed by atoms with Gasteiger partial charge in [0, 0.05) is 31.3 Å². The number of hydrogen-bond acceptors (Lipinski definition) is 3.